The summed E-state index contributed by atoms with van der Waals surface area (Å²) in [5.74, 6) is -0.357. The van der Waals surface area contributed by atoms with E-state index in [9.17, 15) is 9.59 Å². The van der Waals surface area contributed by atoms with E-state index in [1.165, 1.54) is 29.8 Å². The highest BCUT2D eigenvalue weighted by atomic mass is 32.1. The fourth-order valence-corrected chi connectivity index (χ4v) is 3.86. The zero-order chi connectivity index (χ0) is 17.9. The standard InChI is InChI=1S/C19H12N2O3S2/c22-17(21-19-20-14(11-26-19)16-6-3-9-25-16)8-7-12-10-24-15-5-2-1-4-13(15)18(12)23/h1-11H,(H,20,21,22)/b8-7+. The van der Waals surface area contributed by atoms with E-state index < -0.39 is 0 Å². The first-order chi connectivity index (χ1) is 12.7. The number of benzene rings is 1. The Morgan fingerprint density at radius 1 is 1.15 bits per heavy atom. The van der Waals surface area contributed by atoms with Gasteiger partial charge in [-0.3, -0.25) is 14.9 Å². The van der Waals surface area contributed by atoms with Gasteiger partial charge in [0.25, 0.3) is 0 Å². The largest absolute Gasteiger partial charge is 0.463 e. The maximum Gasteiger partial charge on any atom is 0.250 e. The average Bonchev–Trinajstić information content (AvgIpc) is 3.33. The highest BCUT2D eigenvalue weighted by Crippen LogP contribution is 2.28. The highest BCUT2D eigenvalue weighted by molar-refractivity contribution is 7.16. The van der Waals surface area contributed by atoms with Crippen molar-refractivity contribution in [1.82, 2.24) is 4.98 Å². The van der Waals surface area contributed by atoms with E-state index in [0.29, 0.717) is 21.7 Å². The Labute approximate surface area is 156 Å². The zero-order valence-electron chi connectivity index (χ0n) is 13.3. The smallest absolute Gasteiger partial charge is 0.250 e. The van der Waals surface area contributed by atoms with Crippen LogP contribution in [-0.2, 0) is 4.79 Å². The van der Waals surface area contributed by atoms with Crippen molar-refractivity contribution in [1.29, 1.82) is 0 Å². The molecule has 0 atom stereocenters. The number of anilines is 1. The van der Waals surface area contributed by atoms with Crippen LogP contribution in [0.2, 0.25) is 0 Å². The Morgan fingerprint density at radius 3 is 2.88 bits per heavy atom. The molecule has 1 N–H and O–H groups in total. The molecule has 0 saturated heterocycles. The monoisotopic (exact) mass is 380 g/mol. The third-order valence-electron chi connectivity index (χ3n) is 3.63. The Balaban J connectivity index is 1.50. The molecular weight excluding hydrogens is 368 g/mol. The van der Waals surface area contributed by atoms with Gasteiger partial charge in [-0.25, -0.2) is 4.98 Å². The second-order valence-electron chi connectivity index (χ2n) is 5.35. The molecule has 4 rings (SSSR count). The number of hydrogen-bond donors (Lipinski definition) is 1. The molecule has 0 saturated carbocycles. The van der Waals surface area contributed by atoms with Crippen molar-refractivity contribution < 1.29 is 9.21 Å². The van der Waals surface area contributed by atoms with Crippen LogP contribution in [0.5, 0.6) is 0 Å². The van der Waals surface area contributed by atoms with Gasteiger partial charge in [0.1, 0.15) is 11.8 Å². The lowest BCUT2D eigenvalue weighted by molar-refractivity contribution is -0.111. The normalized spacial score (nSPS) is 11.2. The molecule has 128 valence electrons. The van der Waals surface area contributed by atoms with Crippen LogP contribution < -0.4 is 10.7 Å². The SMILES string of the molecule is O=C(/C=C/c1coc2ccccc2c1=O)Nc1nc(-c2cccs2)cs1. The number of carbonyl (C=O) groups is 1. The summed E-state index contributed by atoms with van der Waals surface area (Å²) in [7, 11) is 0. The molecule has 1 aromatic carbocycles. The fourth-order valence-electron chi connectivity index (χ4n) is 2.39. The van der Waals surface area contributed by atoms with Crippen molar-refractivity contribution in [2.24, 2.45) is 0 Å². The number of para-hydroxylation sites is 1. The number of nitrogens with zero attached hydrogens (tertiary/aromatic N) is 1. The number of thiazole rings is 1. The van der Waals surface area contributed by atoms with Crippen LogP contribution >= 0.6 is 22.7 Å². The van der Waals surface area contributed by atoms with Gasteiger partial charge < -0.3 is 4.42 Å². The Morgan fingerprint density at radius 2 is 2.04 bits per heavy atom. The predicted octanol–water partition coefficient (Wildman–Crippen LogP) is 4.63. The van der Waals surface area contributed by atoms with E-state index in [2.05, 4.69) is 10.3 Å². The lowest BCUT2D eigenvalue weighted by Crippen LogP contribution is -2.09. The number of nitrogens with one attached hydrogen (secondary N) is 1. The van der Waals surface area contributed by atoms with Gasteiger partial charge >= 0.3 is 0 Å². The second kappa shape index (κ2) is 7.07. The Bertz CT molecular complexity index is 1160. The summed E-state index contributed by atoms with van der Waals surface area (Å²) in [6.07, 6.45) is 4.10. The summed E-state index contributed by atoms with van der Waals surface area (Å²) in [6.45, 7) is 0. The molecule has 0 aliphatic rings. The Hall–Kier alpha value is -3.03. The molecule has 0 radical (unpaired) electrons. The average molecular weight is 380 g/mol. The molecule has 0 spiro atoms. The van der Waals surface area contributed by atoms with Gasteiger partial charge in [-0.1, -0.05) is 18.2 Å². The minimum absolute atomic E-state index is 0.176. The van der Waals surface area contributed by atoms with Crippen LogP contribution in [-0.4, -0.2) is 10.9 Å². The molecule has 5 nitrogen and oxygen atoms in total. The predicted molar refractivity (Wildman–Crippen MR) is 106 cm³/mol. The van der Waals surface area contributed by atoms with Crippen LogP contribution in [0.1, 0.15) is 5.56 Å². The summed E-state index contributed by atoms with van der Waals surface area (Å²) in [6, 6.07) is 10.9. The van der Waals surface area contributed by atoms with Gasteiger partial charge in [0.2, 0.25) is 5.91 Å². The lowest BCUT2D eigenvalue weighted by atomic mass is 10.1. The quantitative estimate of drug-likeness (QED) is 0.524. The lowest BCUT2D eigenvalue weighted by Gasteiger charge is -1.98. The summed E-state index contributed by atoms with van der Waals surface area (Å²) < 4.78 is 5.43. The van der Waals surface area contributed by atoms with Crippen LogP contribution in [0.15, 0.2) is 68.7 Å². The van der Waals surface area contributed by atoms with Crippen molar-refractivity contribution in [3.8, 4) is 10.6 Å². The third-order valence-corrected chi connectivity index (χ3v) is 5.28. The van der Waals surface area contributed by atoms with Crippen LogP contribution in [0.4, 0.5) is 5.13 Å². The second-order valence-corrected chi connectivity index (χ2v) is 7.16. The van der Waals surface area contributed by atoms with E-state index in [-0.39, 0.29) is 11.3 Å². The van der Waals surface area contributed by atoms with Gasteiger partial charge in [-0.15, -0.1) is 22.7 Å². The van der Waals surface area contributed by atoms with E-state index in [1.807, 2.05) is 22.9 Å². The van der Waals surface area contributed by atoms with E-state index >= 15 is 0 Å². The third kappa shape index (κ3) is 3.35. The van der Waals surface area contributed by atoms with Crippen molar-refractivity contribution in [3.05, 3.63) is 75.3 Å². The molecular formula is C19H12N2O3S2. The minimum atomic E-state index is -0.357. The minimum Gasteiger partial charge on any atom is -0.463 e. The number of thiophene rings is 1. The molecule has 0 fully saturated rings. The number of aromatic nitrogens is 1. The van der Waals surface area contributed by atoms with E-state index in [0.717, 1.165) is 10.6 Å². The molecule has 1 amide bonds. The van der Waals surface area contributed by atoms with Gasteiger partial charge in [-0.2, -0.15) is 0 Å². The first-order valence-electron chi connectivity index (χ1n) is 7.70. The topological polar surface area (TPSA) is 72.2 Å². The molecule has 26 heavy (non-hydrogen) atoms. The van der Waals surface area contributed by atoms with Gasteiger partial charge in [-0.05, 0) is 29.7 Å². The molecule has 7 heteroatoms. The van der Waals surface area contributed by atoms with Crippen LogP contribution in [0.3, 0.4) is 0 Å². The van der Waals surface area contributed by atoms with Crippen molar-refractivity contribution in [2.45, 2.75) is 0 Å². The summed E-state index contributed by atoms with van der Waals surface area (Å²) in [4.78, 5) is 29.9. The molecule has 0 aliphatic carbocycles. The number of amides is 1. The van der Waals surface area contributed by atoms with E-state index in [4.69, 9.17) is 4.42 Å². The van der Waals surface area contributed by atoms with Crippen molar-refractivity contribution in [3.63, 3.8) is 0 Å². The molecule has 0 aliphatic heterocycles. The van der Waals surface area contributed by atoms with Crippen molar-refractivity contribution >= 4 is 50.8 Å². The first kappa shape index (κ1) is 16.4. The molecule has 4 aromatic rings. The number of fused-ring (bicyclic) bond motifs is 1. The van der Waals surface area contributed by atoms with Gasteiger partial charge in [0.15, 0.2) is 10.6 Å². The molecule has 3 heterocycles. The molecule has 0 bridgehead atoms. The molecule has 3 aromatic heterocycles. The van der Waals surface area contributed by atoms with Crippen LogP contribution in [0.25, 0.3) is 27.6 Å². The highest BCUT2D eigenvalue weighted by Gasteiger charge is 2.08. The maximum absolute atomic E-state index is 12.4. The summed E-state index contributed by atoms with van der Waals surface area (Å²) in [5.41, 5.74) is 1.49. The Kier molecular flexibility index (Phi) is 4.47. The fraction of sp³-hybridized carbons (Fsp3) is 0. The van der Waals surface area contributed by atoms with Gasteiger partial charge in [0.05, 0.1) is 21.5 Å². The summed E-state index contributed by atoms with van der Waals surface area (Å²) >= 11 is 2.94. The van der Waals surface area contributed by atoms with Crippen molar-refractivity contribution in [2.75, 3.05) is 5.32 Å². The maximum atomic E-state index is 12.4. The van der Waals surface area contributed by atoms with E-state index in [1.54, 1.807) is 35.6 Å². The number of hydrogen-bond acceptors (Lipinski definition) is 6. The van der Waals surface area contributed by atoms with Crippen LogP contribution in [0, 0.1) is 0 Å². The zero-order valence-corrected chi connectivity index (χ0v) is 15.0. The molecule has 0 unspecified atom stereocenters. The number of rotatable bonds is 4. The summed E-state index contributed by atoms with van der Waals surface area (Å²) in [5, 5.41) is 7.56. The van der Waals surface area contributed by atoms with Gasteiger partial charge in [0, 0.05) is 11.5 Å². The first-order valence-corrected chi connectivity index (χ1v) is 9.45. The number of carbonyl (C=O) groups excluding carboxylic acids is 1.